The fraction of sp³-hybridized carbons (Fsp3) is 0.500. The summed E-state index contributed by atoms with van der Waals surface area (Å²) in [7, 11) is 0. The lowest BCUT2D eigenvalue weighted by Gasteiger charge is -2.30. The molecule has 0 spiro atoms. The van der Waals surface area contributed by atoms with Gasteiger partial charge >= 0.3 is 11.9 Å². The fourth-order valence-electron chi connectivity index (χ4n) is 2.62. The maximum absolute atomic E-state index is 12.1. The van der Waals surface area contributed by atoms with Gasteiger partial charge in [0.2, 0.25) is 0 Å². The normalized spacial score (nSPS) is 15.0. The Hall–Kier alpha value is -2.37. The highest BCUT2D eigenvalue weighted by Gasteiger charge is 2.28. The minimum absolute atomic E-state index is 0.149. The maximum atomic E-state index is 12.1. The molecule has 1 aliphatic heterocycles. The van der Waals surface area contributed by atoms with Crippen molar-refractivity contribution in [1.29, 1.82) is 0 Å². The molecule has 0 aromatic heterocycles. The molecule has 2 rings (SSSR count). The summed E-state index contributed by atoms with van der Waals surface area (Å²) >= 11 is 0. The van der Waals surface area contributed by atoms with Crippen molar-refractivity contribution in [2.45, 2.75) is 26.7 Å². The molecule has 0 unspecified atom stereocenters. The second-order valence-corrected chi connectivity index (χ2v) is 5.85. The average molecular weight is 333 g/mol. The third-order valence-corrected chi connectivity index (χ3v) is 4.08. The van der Waals surface area contributed by atoms with Crippen molar-refractivity contribution in [2.75, 3.05) is 26.3 Å². The van der Waals surface area contributed by atoms with Gasteiger partial charge in [0.1, 0.15) is 0 Å². The maximum Gasteiger partial charge on any atom is 0.338 e. The number of amides is 1. The largest absolute Gasteiger partial charge is 0.466 e. The minimum atomic E-state index is -0.509. The number of carbonyl (C=O) groups is 3. The van der Waals surface area contributed by atoms with Crippen LogP contribution in [0, 0.1) is 12.8 Å². The van der Waals surface area contributed by atoms with E-state index in [9.17, 15) is 14.4 Å². The number of nitrogens with zero attached hydrogens (tertiary/aromatic N) is 1. The molecular formula is C18H23NO5. The first-order valence-corrected chi connectivity index (χ1v) is 8.19. The molecule has 1 aromatic rings. The molecule has 0 bridgehead atoms. The third-order valence-electron chi connectivity index (χ3n) is 4.08. The molecular weight excluding hydrogens is 310 g/mol. The Labute approximate surface area is 141 Å². The van der Waals surface area contributed by atoms with E-state index in [1.54, 1.807) is 24.0 Å². The van der Waals surface area contributed by atoms with Crippen LogP contribution in [0.25, 0.3) is 0 Å². The number of aryl methyl sites for hydroxylation is 1. The van der Waals surface area contributed by atoms with Crippen LogP contribution in [0.4, 0.5) is 0 Å². The van der Waals surface area contributed by atoms with Crippen molar-refractivity contribution in [3.63, 3.8) is 0 Å². The Balaban J connectivity index is 1.76. The van der Waals surface area contributed by atoms with Gasteiger partial charge < -0.3 is 14.4 Å². The predicted octanol–water partition coefficient (Wildman–Crippen LogP) is 1.95. The number of rotatable bonds is 5. The Morgan fingerprint density at radius 2 is 1.71 bits per heavy atom. The summed E-state index contributed by atoms with van der Waals surface area (Å²) in [5, 5.41) is 0. The van der Waals surface area contributed by atoms with E-state index in [-0.39, 0.29) is 24.4 Å². The number of piperidine rings is 1. The number of hydrogen-bond acceptors (Lipinski definition) is 5. The average Bonchev–Trinajstić information content (AvgIpc) is 2.60. The lowest BCUT2D eigenvalue weighted by molar-refractivity contribution is -0.151. The first kappa shape index (κ1) is 18.0. The van der Waals surface area contributed by atoms with Gasteiger partial charge in [-0.2, -0.15) is 0 Å². The van der Waals surface area contributed by atoms with Crippen LogP contribution in [0.5, 0.6) is 0 Å². The molecule has 6 nitrogen and oxygen atoms in total. The fourth-order valence-corrected chi connectivity index (χ4v) is 2.62. The van der Waals surface area contributed by atoms with Crippen LogP contribution in [0.15, 0.2) is 24.3 Å². The highest BCUT2D eigenvalue weighted by Crippen LogP contribution is 2.18. The zero-order valence-corrected chi connectivity index (χ0v) is 14.1. The van der Waals surface area contributed by atoms with Gasteiger partial charge in [-0.1, -0.05) is 17.7 Å². The summed E-state index contributed by atoms with van der Waals surface area (Å²) in [6.07, 6.45) is 1.16. The topological polar surface area (TPSA) is 72.9 Å². The van der Waals surface area contributed by atoms with E-state index in [4.69, 9.17) is 9.47 Å². The monoisotopic (exact) mass is 333 g/mol. The zero-order valence-electron chi connectivity index (χ0n) is 14.1. The van der Waals surface area contributed by atoms with Crippen molar-refractivity contribution in [1.82, 2.24) is 4.90 Å². The number of esters is 2. The van der Waals surface area contributed by atoms with Crippen LogP contribution in [-0.4, -0.2) is 49.0 Å². The zero-order chi connectivity index (χ0) is 17.5. The van der Waals surface area contributed by atoms with Crippen molar-refractivity contribution < 1.29 is 23.9 Å². The van der Waals surface area contributed by atoms with Gasteiger partial charge in [0.25, 0.3) is 5.91 Å². The number of ether oxygens (including phenoxy) is 2. The first-order chi connectivity index (χ1) is 11.5. The Kier molecular flexibility index (Phi) is 6.35. The molecule has 0 atom stereocenters. The molecule has 6 heteroatoms. The van der Waals surface area contributed by atoms with Crippen molar-refractivity contribution in [3.8, 4) is 0 Å². The van der Waals surface area contributed by atoms with E-state index >= 15 is 0 Å². The summed E-state index contributed by atoms with van der Waals surface area (Å²) in [5.74, 6) is -1.10. The predicted molar refractivity (Wildman–Crippen MR) is 87.4 cm³/mol. The van der Waals surface area contributed by atoms with Crippen LogP contribution in [0.2, 0.25) is 0 Å². The van der Waals surface area contributed by atoms with Crippen LogP contribution in [0.1, 0.15) is 35.7 Å². The van der Waals surface area contributed by atoms with Gasteiger partial charge in [-0.25, -0.2) is 4.79 Å². The van der Waals surface area contributed by atoms with Gasteiger partial charge in [-0.15, -0.1) is 0 Å². The summed E-state index contributed by atoms with van der Waals surface area (Å²) in [4.78, 5) is 37.3. The molecule has 0 N–H and O–H groups in total. The highest BCUT2D eigenvalue weighted by atomic mass is 16.5. The lowest BCUT2D eigenvalue weighted by Crippen LogP contribution is -2.42. The molecule has 0 saturated carbocycles. The molecule has 24 heavy (non-hydrogen) atoms. The molecule has 1 amide bonds. The number of benzene rings is 1. The van der Waals surface area contributed by atoms with Crippen molar-refractivity contribution in [3.05, 3.63) is 35.4 Å². The van der Waals surface area contributed by atoms with E-state index in [1.807, 2.05) is 19.1 Å². The molecule has 1 heterocycles. The van der Waals surface area contributed by atoms with Crippen LogP contribution < -0.4 is 0 Å². The van der Waals surface area contributed by atoms with Gasteiger partial charge in [0.05, 0.1) is 18.1 Å². The molecule has 130 valence electrons. The molecule has 0 radical (unpaired) electrons. The standard InChI is InChI=1S/C18H23NO5/c1-3-23-17(21)15-8-10-19(11-9-15)16(20)12-24-18(22)14-6-4-13(2)5-7-14/h4-7,15H,3,8-12H2,1-2H3. The first-order valence-electron chi connectivity index (χ1n) is 8.19. The Bertz CT molecular complexity index is 588. The number of hydrogen-bond donors (Lipinski definition) is 0. The SMILES string of the molecule is CCOC(=O)C1CCN(C(=O)COC(=O)c2ccc(C)cc2)CC1. The second kappa shape index (κ2) is 8.47. The summed E-state index contributed by atoms with van der Waals surface area (Å²) in [6, 6.07) is 6.98. The van der Waals surface area contributed by atoms with Gasteiger partial charge in [0.15, 0.2) is 6.61 Å². The van der Waals surface area contributed by atoms with E-state index < -0.39 is 5.97 Å². The number of carbonyl (C=O) groups excluding carboxylic acids is 3. The third kappa shape index (κ3) is 4.81. The summed E-state index contributed by atoms with van der Waals surface area (Å²) in [5.41, 5.74) is 1.47. The summed E-state index contributed by atoms with van der Waals surface area (Å²) < 4.78 is 10.1. The molecule has 1 fully saturated rings. The quantitative estimate of drug-likeness (QED) is 0.770. The van der Waals surface area contributed by atoms with E-state index in [2.05, 4.69) is 0 Å². The van der Waals surface area contributed by atoms with Crippen LogP contribution in [-0.2, 0) is 19.1 Å². The van der Waals surface area contributed by atoms with Gasteiger partial charge in [0, 0.05) is 13.1 Å². The van der Waals surface area contributed by atoms with Crippen LogP contribution in [0.3, 0.4) is 0 Å². The van der Waals surface area contributed by atoms with Crippen molar-refractivity contribution >= 4 is 17.8 Å². The molecule has 0 aliphatic carbocycles. The van der Waals surface area contributed by atoms with E-state index in [0.29, 0.717) is 38.1 Å². The van der Waals surface area contributed by atoms with E-state index in [1.165, 1.54) is 0 Å². The van der Waals surface area contributed by atoms with E-state index in [0.717, 1.165) is 5.56 Å². The molecule has 1 saturated heterocycles. The van der Waals surface area contributed by atoms with Crippen molar-refractivity contribution in [2.24, 2.45) is 5.92 Å². The summed E-state index contributed by atoms with van der Waals surface area (Å²) in [6.45, 7) is 4.75. The second-order valence-electron chi connectivity index (χ2n) is 5.85. The van der Waals surface area contributed by atoms with Gasteiger partial charge in [-0.05, 0) is 38.8 Å². The van der Waals surface area contributed by atoms with Gasteiger partial charge in [-0.3, -0.25) is 9.59 Å². The Morgan fingerprint density at radius 1 is 1.08 bits per heavy atom. The smallest absolute Gasteiger partial charge is 0.338 e. The number of likely N-dealkylation sites (tertiary alicyclic amines) is 1. The lowest BCUT2D eigenvalue weighted by atomic mass is 9.97. The highest BCUT2D eigenvalue weighted by molar-refractivity contribution is 5.91. The van der Waals surface area contributed by atoms with Crippen LogP contribution >= 0.6 is 0 Å². The minimum Gasteiger partial charge on any atom is -0.466 e. The molecule has 1 aliphatic rings. The molecule has 1 aromatic carbocycles. The Morgan fingerprint density at radius 3 is 2.29 bits per heavy atom.